The highest BCUT2D eigenvalue weighted by molar-refractivity contribution is 5.13. The summed E-state index contributed by atoms with van der Waals surface area (Å²) in [4.78, 5) is 0. The summed E-state index contributed by atoms with van der Waals surface area (Å²) in [5.74, 6) is 4.38. The first kappa shape index (κ1) is 21.8. The summed E-state index contributed by atoms with van der Waals surface area (Å²) >= 11 is 0. The van der Waals surface area contributed by atoms with Crippen molar-refractivity contribution in [3.05, 3.63) is 0 Å². The van der Waals surface area contributed by atoms with Gasteiger partial charge in [-0.1, -0.05) is 89.9 Å². The molecule has 0 radical (unpaired) electrons. The minimum absolute atomic E-state index is 0.746. The highest BCUT2D eigenvalue weighted by Crippen LogP contribution is 2.72. The molecule has 0 unspecified atom stereocenters. The monoisotopic (exact) mass is 412 g/mol. The zero-order valence-corrected chi connectivity index (χ0v) is 20.3. The average molecular weight is 413 g/mol. The molecule has 172 valence electrons. The van der Waals surface area contributed by atoms with Crippen LogP contribution in [0.3, 0.4) is 0 Å². The molecule has 0 aromatic heterocycles. The van der Waals surface area contributed by atoms with Gasteiger partial charge in [-0.05, 0) is 98.7 Å². The van der Waals surface area contributed by atoms with Gasteiger partial charge in [0, 0.05) is 0 Å². The van der Waals surface area contributed by atoms with E-state index in [0.717, 1.165) is 34.5 Å². The van der Waals surface area contributed by atoms with Gasteiger partial charge in [-0.15, -0.1) is 0 Å². The lowest BCUT2D eigenvalue weighted by atomic mass is 9.36. The molecule has 0 spiro atoms. The topological polar surface area (TPSA) is 0 Å². The quantitative estimate of drug-likeness (QED) is 0.431. The SMILES string of the molecule is C1CCC(C2(C3CCCCC3)CCCCC2(C2CCCCC2)C2CCCCC2)CC1. The minimum Gasteiger partial charge on any atom is -0.0533 e. The van der Waals surface area contributed by atoms with Crippen LogP contribution in [-0.2, 0) is 0 Å². The zero-order valence-electron chi connectivity index (χ0n) is 20.3. The number of hydrogen-bond acceptors (Lipinski definition) is 0. The first-order chi connectivity index (χ1) is 14.9. The molecule has 0 aromatic rings. The van der Waals surface area contributed by atoms with Gasteiger partial charge in [-0.2, -0.15) is 0 Å². The van der Waals surface area contributed by atoms with Crippen LogP contribution in [0.15, 0.2) is 0 Å². The molecule has 5 aliphatic carbocycles. The van der Waals surface area contributed by atoms with Gasteiger partial charge in [0.05, 0.1) is 0 Å². The lowest BCUT2D eigenvalue weighted by molar-refractivity contribution is -0.199. The number of rotatable bonds is 4. The summed E-state index contributed by atoms with van der Waals surface area (Å²) in [6.45, 7) is 0. The van der Waals surface area contributed by atoms with E-state index >= 15 is 0 Å². The van der Waals surface area contributed by atoms with Gasteiger partial charge in [-0.25, -0.2) is 0 Å². The van der Waals surface area contributed by atoms with Gasteiger partial charge in [-0.3, -0.25) is 0 Å². The summed E-state index contributed by atoms with van der Waals surface area (Å²) < 4.78 is 0. The molecular formula is C30H52. The molecule has 0 amide bonds. The molecule has 5 aliphatic rings. The van der Waals surface area contributed by atoms with Crippen LogP contribution in [0.1, 0.15) is 154 Å². The molecule has 0 atom stereocenters. The van der Waals surface area contributed by atoms with E-state index in [-0.39, 0.29) is 0 Å². The summed E-state index contributed by atoms with van der Waals surface area (Å²) in [7, 11) is 0. The van der Waals surface area contributed by atoms with Crippen molar-refractivity contribution in [3.63, 3.8) is 0 Å². The van der Waals surface area contributed by atoms with Crippen molar-refractivity contribution in [2.75, 3.05) is 0 Å². The van der Waals surface area contributed by atoms with E-state index in [1.165, 1.54) is 25.7 Å². The molecule has 0 aromatic carbocycles. The second-order valence-corrected chi connectivity index (χ2v) is 12.6. The Labute approximate surface area is 188 Å². The first-order valence-electron chi connectivity index (χ1n) is 14.9. The van der Waals surface area contributed by atoms with Crippen LogP contribution >= 0.6 is 0 Å². The lowest BCUT2D eigenvalue weighted by Crippen LogP contribution is -2.61. The summed E-state index contributed by atoms with van der Waals surface area (Å²) in [6.07, 6.45) is 38.0. The van der Waals surface area contributed by atoms with Crippen LogP contribution in [0.25, 0.3) is 0 Å². The maximum atomic E-state index is 1.65. The molecule has 0 heterocycles. The fourth-order valence-corrected chi connectivity index (χ4v) is 10.8. The smallest absolute Gasteiger partial charge is 0.0179 e. The van der Waals surface area contributed by atoms with Gasteiger partial charge in [0.15, 0.2) is 0 Å². The van der Waals surface area contributed by atoms with Gasteiger partial charge in [0.25, 0.3) is 0 Å². The Kier molecular flexibility index (Phi) is 7.18. The van der Waals surface area contributed by atoms with Gasteiger partial charge < -0.3 is 0 Å². The fraction of sp³-hybridized carbons (Fsp3) is 1.00. The largest absolute Gasteiger partial charge is 0.0533 e. The molecule has 5 saturated carbocycles. The normalized spacial score (nSPS) is 32.8. The maximum Gasteiger partial charge on any atom is -0.0179 e. The Balaban J connectivity index is 1.62. The molecule has 30 heavy (non-hydrogen) atoms. The van der Waals surface area contributed by atoms with Crippen LogP contribution in [-0.4, -0.2) is 0 Å². The molecule has 0 aliphatic heterocycles. The van der Waals surface area contributed by atoms with E-state index < -0.39 is 0 Å². The van der Waals surface area contributed by atoms with E-state index in [1.54, 1.807) is 128 Å². The third-order valence-electron chi connectivity index (χ3n) is 11.6. The Hall–Kier alpha value is 0. The summed E-state index contributed by atoms with van der Waals surface area (Å²) in [5.41, 5.74) is 1.49. The zero-order chi connectivity index (χ0) is 20.3. The Bertz CT molecular complexity index is 424. The molecule has 0 bridgehead atoms. The lowest BCUT2D eigenvalue weighted by Gasteiger charge is -2.69. The molecular weight excluding hydrogens is 360 g/mol. The second-order valence-electron chi connectivity index (χ2n) is 12.6. The fourth-order valence-electron chi connectivity index (χ4n) is 10.8. The van der Waals surface area contributed by atoms with Crippen LogP contribution in [0.5, 0.6) is 0 Å². The minimum atomic E-state index is 0.746. The molecule has 0 N–H and O–H groups in total. The highest BCUT2D eigenvalue weighted by atomic mass is 14.7. The van der Waals surface area contributed by atoms with Gasteiger partial charge >= 0.3 is 0 Å². The van der Waals surface area contributed by atoms with Crippen molar-refractivity contribution in [3.8, 4) is 0 Å². The van der Waals surface area contributed by atoms with E-state index in [0.29, 0.717) is 0 Å². The van der Waals surface area contributed by atoms with Crippen molar-refractivity contribution in [2.45, 2.75) is 154 Å². The van der Waals surface area contributed by atoms with Crippen LogP contribution in [0, 0.1) is 34.5 Å². The van der Waals surface area contributed by atoms with Crippen molar-refractivity contribution >= 4 is 0 Å². The maximum absolute atomic E-state index is 1.65. The first-order valence-corrected chi connectivity index (χ1v) is 14.9. The number of hydrogen-bond donors (Lipinski definition) is 0. The molecule has 0 saturated heterocycles. The van der Waals surface area contributed by atoms with Gasteiger partial charge in [0.1, 0.15) is 0 Å². The van der Waals surface area contributed by atoms with E-state index in [4.69, 9.17) is 0 Å². The summed E-state index contributed by atoms with van der Waals surface area (Å²) in [5, 5.41) is 0. The molecule has 0 nitrogen and oxygen atoms in total. The molecule has 5 fully saturated rings. The van der Waals surface area contributed by atoms with E-state index in [2.05, 4.69) is 0 Å². The third kappa shape index (κ3) is 3.73. The van der Waals surface area contributed by atoms with E-state index in [1.807, 2.05) is 0 Å². The predicted molar refractivity (Wildman–Crippen MR) is 130 cm³/mol. The Morgan fingerprint density at radius 3 is 0.733 bits per heavy atom. The third-order valence-corrected chi connectivity index (χ3v) is 11.6. The summed E-state index contributed by atoms with van der Waals surface area (Å²) in [6, 6.07) is 0. The van der Waals surface area contributed by atoms with Crippen LogP contribution in [0.2, 0.25) is 0 Å². The highest BCUT2D eigenvalue weighted by Gasteiger charge is 2.64. The second kappa shape index (κ2) is 9.87. The Morgan fingerprint density at radius 1 is 0.267 bits per heavy atom. The van der Waals surface area contributed by atoms with E-state index in [9.17, 15) is 0 Å². The predicted octanol–water partition coefficient (Wildman–Crippen LogP) is 9.85. The van der Waals surface area contributed by atoms with Crippen molar-refractivity contribution in [1.82, 2.24) is 0 Å². The van der Waals surface area contributed by atoms with Crippen molar-refractivity contribution in [2.24, 2.45) is 34.5 Å². The van der Waals surface area contributed by atoms with Crippen LogP contribution < -0.4 is 0 Å². The van der Waals surface area contributed by atoms with Crippen molar-refractivity contribution in [1.29, 1.82) is 0 Å². The van der Waals surface area contributed by atoms with Crippen molar-refractivity contribution < 1.29 is 0 Å². The van der Waals surface area contributed by atoms with Gasteiger partial charge in [0.2, 0.25) is 0 Å². The van der Waals surface area contributed by atoms with Crippen LogP contribution in [0.4, 0.5) is 0 Å². The standard InChI is InChI=1S/C30H52/c1-5-15-25(16-6-1)29(26-17-7-2-8-18-26)23-13-14-24-30(29,27-19-9-3-10-20-27)28-21-11-4-12-22-28/h25-28H,1-24H2. The molecule has 5 rings (SSSR count). The average Bonchev–Trinajstić information content (AvgIpc) is 2.86. The molecule has 0 heteroatoms. The Morgan fingerprint density at radius 2 is 0.500 bits per heavy atom.